The van der Waals surface area contributed by atoms with Crippen LogP contribution < -0.4 is 5.48 Å². The summed E-state index contributed by atoms with van der Waals surface area (Å²) >= 11 is 0. The van der Waals surface area contributed by atoms with Crippen molar-refractivity contribution in [2.75, 3.05) is 20.3 Å². The minimum atomic E-state index is 0.540. The minimum Gasteiger partial charge on any atom is -0.377 e. The average Bonchev–Trinajstić information content (AvgIpc) is 1.84. The molecule has 1 rings (SSSR count). The van der Waals surface area contributed by atoms with Gasteiger partial charge in [0, 0.05) is 6.54 Å². The highest BCUT2D eigenvalue weighted by Gasteiger charge is 2.16. The molecule has 3 nitrogen and oxygen atoms in total. The molecule has 1 fully saturated rings. The highest BCUT2D eigenvalue weighted by atomic mass is 16.6. The van der Waals surface area contributed by atoms with Crippen molar-refractivity contribution >= 4 is 0 Å². The Labute approximate surface area is 61.7 Å². The third kappa shape index (κ3) is 2.64. The van der Waals surface area contributed by atoms with Crippen molar-refractivity contribution in [2.24, 2.45) is 0 Å². The molecule has 0 aromatic carbocycles. The molecule has 1 N–H and O–H groups in total. The van der Waals surface area contributed by atoms with Crippen molar-refractivity contribution in [1.29, 1.82) is 0 Å². The Morgan fingerprint density at radius 3 is 2.80 bits per heavy atom. The number of rotatable bonds is 5. The largest absolute Gasteiger partial charge is 0.377 e. The molecule has 60 valence electrons. The predicted octanol–water partition coefficient (Wildman–Crippen LogP) is 0.706. The number of hydroxylamine groups is 1. The van der Waals surface area contributed by atoms with E-state index in [4.69, 9.17) is 4.74 Å². The lowest BCUT2D eigenvalue weighted by atomic mass is 9.96. The molecule has 1 aliphatic carbocycles. The van der Waals surface area contributed by atoms with E-state index in [2.05, 4.69) is 10.3 Å². The van der Waals surface area contributed by atoms with Gasteiger partial charge >= 0.3 is 0 Å². The Bertz CT molecular complexity index is 83.7. The van der Waals surface area contributed by atoms with Crippen molar-refractivity contribution in [3.8, 4) is 0 Å². The third-order valence-electron chi connectivity index (χ3n) is 1.75. The van der Waals surface area contributed by atoms with Crippen molar-refractivity contribution in [2.45, 2.75) is 25.4 Å². The van der Waals surface area contributed by atoms with E-state index in [0.717, 1.165) is 13.2 Å². The topological polar surface area (TPSA) is 30.5 Å². The maximum absolute atomic E-state index is 5.44. The van der Waals surface area contributed by atoms with Gasteiger partial charge in [-0.3, -0.25) is 0 Å². The van der Waals surface area contributed by atoms with Gasteiger partial charge in [0.15, 0.2) is 0 Å². The first-order valence-corrected chi connectivity index (χ1v) is 3.81. The van der Waals surface area contributed by atoms with Gasteiger partial charge in [-0.25, -0.2) is 5.48 Å². The summed E-state index contributed by atoms with van der Waals surface area (Å²) in [5.74, 6) is 0. The second-order valence-electron chi connectivity index (χ2n) is 2.52. The van der Waals surface area contributed by atoms with Crippen LogP contribution in [-0.4, -0.2) is 26.4 Å². The zero-order valence-corrected chi connectivity index (χ0v) is 6.43. The molecule has 10 heavy (non-hydrogen) atoms. The number of ether oxygens (including phenoxy) is 1. The van der Waals surface area contributed by atoms with Gasteiger partial charge in [-0.15, -0.1) is 0 Å². The molecule has 1 saturated carbocycles. The number of nitrogens with one attached hydrogen (secondary N) is 1. The van der Waals surface area contributed by atoms with Crippen LogP contribution in [0.25, 0.3) is 0 Å². The van der Waals surface area contributed by atoms with Crippen LogP contribution in [0.3, 0.4) is 0 Å². The third-order valence-corrected chi connectivity index (χ3v) is 1.75. The van der Waals surface area contributed by atoms with Crippen LogP contribution in [0.15, 0.2) is 0 Å². The van der Waals surface area contributed by atoms with E-state index in [-0.39, 0.29) is 0 Å². The van der Waals surface area contributed by atoms with Crippen LogP contribution in [0.4, 0.5) is 0 Å². The van der Waals surface area contributed by atoms with Gasteiger partial charge in [0.1, 0.15) is 0 Å². The smallest absolute Gasteiger partial charge is 0.0617 e. The Morgan fingerprint density at radius 2 is 2.30 bits per heavy atom. The van der Waals surface area contributed by atoms with Gasteiger partial charge in [0.2, 0.25) is 0 Å². The van der Waals surface area contributed by atoms with E-state index in [1.54, 1.807) is 7.11 Å². The first kappa shape index (κ1) is 7.98. The molecule has 0 heterocycles. The summed E-state index contributed by atoms with van der Waals surface area (Å²) in [6, 6.07) is 0. The molecule has 0 amide bonds. The van der Waals surface area contributed by atoms with Crippen LogP contribution in [0.1, 0.15) is 19.3 Å². The lowest BCUT2D eigenvalue weighted by Gasteiger charge is -2.25. The first-order chi connectivity index (χ1) is 4.93. The molecule has 0 radical (unpaired) electrons. The Morgan fingerprint density at radius 1 is 1.50 bits per heavy atom. The van der Waals surface area contributed by atoms with Gasteiger partial charge in [0.25, 0.3) is 0 Å². The quantitative estimate of drug-likeness (QED) is 0.456. The summed E-state index contributed by atoms with van der Waals surface area (Å²) in [5.41, 5.74) is 2.73. The molecule has 0 spiro atoms. The zero-order valence-electron chi connectivity index (χ0n) is 6.43. The average molecular weight is 145 g/mol. The Hall–Kier alpha value is -0.120. The lowest BCUT2D eigenvalue weighted by Crippen LogP contribution is -2.26. The normalized spacial score (nSPS) is 18.9. The predicted molar refractivity (Wildman–Crippen MR) is 38.6 cm³/mol. The van der Waals surface area contributed by atoms with Crippen molar-refractivity contribution < 1.29 is 9.57 Å². The summed E-state index contributed by atoms with van der Waals surface area (Å²) in [6.45, 7) is 1.55. The van der Waals surface area contributed by atoms with E-state index >= 15 is 0 Å². The Balaban J connectivity index is 1.76. The van der Waals surface area contributed by atoms with Gasteiger partial charge in [-0.05, 0) is 19.3 Å². The first-order valence-electron chi connectivity index (χ1n) is 3.81. The van der Waals surface area contributed by atoms with Crippen LogP contribution in [0.5, 0.6) is 0 Å². The van der Waals surface area contributed by atoms with E-state index < -0.39 is 0 Å². The second kappa shape index (κ2) is 4.66. The molecule has 3 heteroatoms. The molecule has 0 saturated heterocycles. The summed E-state index contributed by atoms with van der Waals surface area (Å²) in [6.07, 6.45) is 4.36. The van der Waals surface area contributed by atoms with Crippen LogP contribution in [-0.2, 0) is 9.57 Å². The molecular weight excluding hydrogens is 130 g/mol. The number of hydrogen-bond acceptors (Lipinski definition) is 3. The summed E-state index contributed by atoms with van der Waals surface area (Å²) in [5, 5.41) is 0. The molecule has 0 unspecified atom stereocenters. The monoisotopic (exact) mass is 145 g/mol. The zero-order chi connectivity index (χ0) is 7.23. The lowest BCUT2D eigenvalue weighted by molar-refractivity contribution is -0.0140. The van der Waals surface area contributed by atoms with Gasteiger partial charge in [-0.2, -0.15) is 0 Å². The molecular formula is C7H15NO2. The molecule has 0 bridgehead atoms. The fourth-order valence-electron chi connectivity index (χ4n) is 0.907. The highest BCUT2D eigenvalue weighted by molar-refractivity contribution is 4.68. The number of hydrogen-bond donors (Lipinski definition) is 1. The van der Waals surface area contributed by atoms with E-state index in [0.29, 0.717) is 6.10 Å². The minimum absolute atomic E-state index is 0.540. The molecule has 0 aromatic heterocycles. The van der Waals surface area contributed by atoms with Crippen LogP contribution in [0.2, 0.25) is 0 Å². The molecule has 0 atom stereocenters. The maximum Gasteiger partial charge on any atom is 0.0617 e. The standard InChI is InChI=1S/C7H15NO2/c1-9-8-5-6-10-7-3-2-4-7/h7-8H,2-6H2,1H3. The SMILES string of the molecule is CONCCOC1CCC1. The molecule has 0 aliphatic heterocycles. The van der Waals surface area contributed by atoms with Gasteiger partial charge in [-0.1, -0.05) is 0 Å². The molecule has 0 aromatic rings. The summed E-state index contributed by atoms with van der Waals surface area (Å²) in [7, 11) is 1.61. The van der Waals surface area contributed by atoms with Gasteiger partial charge < -0.3 is 9.57 Å². The van der Waals surface area contributed by atoms with Crippen molar-refractivity contribution in [1.82, 2.24) is 5.48 Å². The fourth-order valence-corrected chi connectivity index (χ4v) is 0.907. The maximum atomic E-state index is 5.44. The van der Waals surface area contributed by atoms with Gasteiger partial charge in [0.05, 0.1) is 19.8 Å². The van der Waals surface area contributed by atoms with Crippen LogP contribution >= 0.6 is 0 Å². The van der Waals surface area contributed by atoms with Crippen LogP contribution in [0, 0.1) is 0 Å². The molecule has 1 aliphatic rings. The van der Waals surface area contributed by atoms with E-state index in [1.807, 2.05) is 0 Å². The highest BCUT2D eigenvalue weighted by Crippen LogP contribution is 2.21. The summed E-state index contributed by atoms with van der Waals surface area (Å²) < 4.78 is 5.44. The van der Waals surface area contributed by atoms with Crippen molar-refractivity contribution in [3.63, 3.8) is 0 Å². The summed E-state index contributed by atoms with van der Waals surface area (Å²) in [4.78, 5) is 4.65. The van der Waals surface area contributed by atoms with E-state index in [9.17, 15) is 0 Å². The Kier molecular flexibility index (Phi) is 3.72. The fraction of sp³-hybridized carbons (Fsp3) is 1.00. The van der Waals surface area contributed by atoms with E-state index in [1.165, 1.54) is 19.3 Å². The second-order valence-corrected chi connectivity index (χ2v) is 2.52. The van der Waals surface area contributed by atoms with Crippen molar-refractivity contribution in [3.05, 3.63) is 0 Å².